The van der Waals surface area contributed by atoms with Crippen molar-refractivity contribution in [3.05, 3.63) is 33.8 Å². The van der Waals surface area contributed by atoms with E-state index in [1.807, 2.05) is 25.1 Å². The Morgan fingerprint density at radius 1 is 1.53 bits per heavy atom. The maximum absolute atomic E-state index is 9.95. The second-order valence-corrected chi connectivity index (χ2v) is 4.38. The summed E-state index contributed by atoms with van der Waals surface area (Å²) in [7, 11) is 0. The van der Waals surface area contributed by atoms with Gasteiger partial charge in [0.2, 0.25) is 0 Å². The summed E-state index contributed by atoms with van der Waals surface area (Å²) in [5, 5.41) is 9.95. The fourth-order valence-corrected chi connectivity index (χ4v) is 2.01. The van der Waals surface area contributed by atoms with Gasteiger partial charge in [-0.05, 0) is 30.9 Å². The highest BCUT2D eigenvalue weighted by molar-refractivity contribution is 9.10. The lowest BCUT2D eigenvalue weighted by Crippen LogP contribution is -1.99. The Kier molecular flexibility index (Phi) is 4.87. The van der Waals surface area contributed by atoms with Gasteiger partial charge < -0.3 is 5.11 Å². The van der Waals surface area contributed by atoms with E-state index in [1.165, 1.54) is 0 Å². The van der Waals surface area contributed by atoms with Gasteiger partial charge in [0.25, 0.3) is 0 Å². The normalized spacial score (nSPS) is 12.1. The van der Waals surface area contributed by atoms with Gasteiger partial charge in [-0.3, -0.25) is 0 Å². The molecule has 0 amide bonds. The minimum atomic E-state index is -0.423. The van der Waals surface area contributed by atoms with Crippen molar-refractivity contribution in [3.63, 3.8) is 0 Å². The molecule has 0 bridgehead atoms. The molecule has 1 aromatic rings. The first-order valence-corrected chi connectivity index (χ1v) is 5.82. The first-order valence-electron chi connectivity index (χ1n) is 5.03. The van der Waals surface area contributed by atoms with E-state index in [9.17, 15) is 5.11 Å². The molecule has 2 heteroatoms. The molecule has 1 nitrogen and oxygen atoms in total. The Balaban J connectivity index is 2.70. The minimum absolute atomic E-state index is 0.423. The summed E-state index contributed by atoms with van der Waals surface area (Å²) in [4.78, 5) is 0. The zero-order valence-corrected chi connectivity index (χ0v) is 10.4. The van der Waals surface area contributed by atoms with E-state index in [4.69, 9.17) is 6.42 Å². The Bertz CT molecular complexity index is 365. The Morgan fingerprint density at radius 2 is 2.27 bits per heavy atom. The molecule has 0 radical (unpaired) electrons. The number of halogens is 1. The van der Waals surface area contributed by atoms with Crippen molar-refractivity contribution in [1.82, 2.24) is 0 Å². The fourth-order valence-electron chi connectivity index (χ4n) is 1.48. The molecule has 0 aliphatic carbocycles. The number of rotatable bonds is 4. The molecular weight excluding hydrogens is 252 g/mol. The molecule has 80 valence electrons. The number of hydrogen-bond donors (Lipinski definition) is 1. The van der Waals surface area contributed by atoms with Crippen LogP contribution in [0.1, 0.15) is 36.5 Å². The van der Waals surface area contributed by atoms with Crippen LogP contribution in [0.2, 0.25) is 0 Å². The molecule has 1 N–H and O–H groups in total. The van der Waals surface area contributed by atoms with Crippen molar-refractivity contribution in [1.29, 1.82) is 0 Å². The highest BCUT2D eigenvalue weighted by Crippen LogP contribution is 2.29. The number of terminal acetylenes is 1. The van der Waals surface area contributed by atoms with Crippen LogP contribution in [-0.4, -0.2) is 5.11 Å². The van der Waals surface area contributed by atoms with Crippen LogP contribution < -0.4 is 0 Å². The largest absolute Gasteiger partial charge is 0.388 e. The van der Waals surface area contributed by atoms with Crippen molar-refractivity contribution in [2.45, 2.75) is 32.3 Å². The lowest BCUT2D eigenvalue weighted by atomic mass is 10.0. The maximum Gasteiger partial charge on any atom is 0.0801 e. The summed E-state index contributed by atoms with van der Waals surface area (Å²) in [6.45, 7) is 2.02. The molecule has 0 saturated carbocycles. The number of aryl methyl sites for hydroxylation is 1. The Hall–Kier alpha value is -0.780. The fraction of sp³-hybridized carbons (Fsp3) is 0.385. The van der Waals surface area contributed by atoms with E-state index in [1.54, 1.807) is 0 Å². The third kappa shape index (κ3) is 3.37. The van der Waals surface area contributed by atoms with E-state index in [0.29, 0.717) is 6.42 Å². The Morgan fingerprint density at radius 3 is 2.93 bits per heavy atom. The van der Waals surface area contributed by atoms with E-state index in [-0.39, 0.29) is 0 Å². The van der Waals surface area contributed by atoms with Crippen LogP contribution in [0.4, 0.5) is 0 Å². The van der Waals surface area contributed by atoms with Gasteiger partial charge in [0.15, 0.2) is 0 Å². The lowest BCUT2D eigenvalue weighted by molar-refractivity contribution is 0.164. The van der Waals surface area contributed by atoms with Crippen molar-refractivity contribution in [2.75, 3.05) is 0 Å². The second kappa shape index (κ2) is 5.95. The van der Waals surface area contributed by atoms with Gasteiger partial charge in [-0.1, -0.05) is 34.1 Å². The van der Waals surface area contributed by atoms with Gasteiger partial charge in [0, 0.05) is 10.9 Å². The molecule has 1 aromatic carbocycles. The summed E-state index contributed by atoms with van der Waals surface area (Å²) >= 11 is 3.49. The van der Waals surface area contributed by atoms with Crippen LogP contribution in [0, 0.1) is 19.3 Å². The van der Waals surface area contributed by atoms with Crippen LogP contribution in [-0.2, 0) is 0 Å². The Labute approximate surface area is 99.6 Å². The minimum Gasteiger partial charge on any atom is -0.388 e. The maximum atomic E-state index is 9.95. The third-order valence-electron chi connectivity index (χ3n) is 2.38. The van der Waals surface area contributed by atoms with E-state index < -0.39 is 6.10 Å². The summed E-state index contributed by atoms with van der Waals surface area (Å²) < 4.78 is 0.998. The average Bonchev–Trinajstić information content (AvgIpc) is 2.22. The number of unbranched alkanes of at least 4 members (excludes halogenated alkanes) is 1. The monoisotopic (exact) mass is 266 g/mol. The molecular formula is C13H15BrO. The number of hydrogen-bond acceptors (Lipinski definition) is 1. The van der Waals surface area contributed by atoms with Crippen molar-refractivity contribution in [3.8, 4) is 12.3 Å². The highest BCUT2D eigenvalue weighted by atomic mass is 79.9. The van der Waals surface area contributed by atoms with Gasteiger partial charge in [0.05, 0.1) is 6.10 Å². The van der Waals surface area contributed by atoms with Crippen LogP contribution in [0.25, 0.3) is 0 Å². The van der Waals surface area contributed by atoms with Gasteiger partial charge in [-0.2, -0.15) is 0 Å². The van der Waals surface area contributed by atoms with E-state index >= 15 is 0 Å². The summed E-state index contributed by atoms with van der Waals surface area (Å²) in [5.74, 6) is 2.58. The van der Waals surface area contributed by atoms with Crippen LogP contribution >= 0.6 is 15.9 Å². The van der Waals surface area contributed by atoms with Crippen molar-refractivity contribution >= 4 is 15.9 Å². The standard InChI is InChI=1S/C13H15BrO/c1-3-4-5-9-12(15)11-8-6-7-10(2)13(11)14/h1,6-8,12,15H,4-5,9H2,2H3. The summed E-state index contributed by atoms with van der Waals surface area (Å²) in [6, 6.07) is 5.92. The van der Waals surface area contributed by atoms with Crippen LogP contribution in [0.15, 0.2) is 22.7 Å². The molecule has 0 aliphatic rings. The lowest BCUT2D eigenvalue weighted by Gasteiger charge is -2.13. The van der Waals surface area contributed by atoms with Crippen molar-refractivity contribution in [2.24, 2.45) is 0 Å². The molecule has 0 spiro atoms. The highest BCUT2D eigenvalue weighted by Gasteiger charge is 2.11. The first-order chi connectivity index (χ1) is 7.16. The third-order valence-corrected chi connectivity index (χ3v) is 3.46. The van der Waals surface area contributed by atoms with E-state index in [2.05, 4.69) is 21.9 Å². The zero-order valence-electron chi connectivity index (χ0n) is 8.83. The van der Waals surface area contributed by atoms with Gasteiger partial charge >= 0.3 is 0 Å². The predicted molar refractivity (Wildman–Crippen MR) is 66.5 cm³/mol. The number of aliphatic hydroxyl groups excluding tert-OH is 1. The van der Waals surface area contributed by atoms with Crippen LogP contribution in [0.5, 0.6) is 0 Å². The number of benzene rings is 1. The first kappa shape index (κ1) is 12.3. The van der Waals surface area contributed by atoms with Gasteiger partial charge in [-0.25, -0.2) is 0 Å². The molecule has 1 atom stereocenters. The zero-order chi connectivity index (χ0) is 11.3. The smallest absolute Gasteiger partial charge is 0.0801 e. The second-order valence-electron chi connectivity index (χ2n) is 3.59. The number of aliphatic hydroxyl groups is 1. The molecule has 0 aliphatic heterocycles. The average molecular weight is 267 g/mol. The molecule has 1 unspecified atom stereocenters. The quantitative estimate of drug-likeness (QED) is 0.652. The summed E-state index contributed by atoms with van der Waals surface area (Å²) in [5.41, 5.74) is 2.09. The van der Waals surface area contributed by atoms with Gasteiger partial charge in [0.1, 0.15) is 0 Å². The summed E-state index contributed by atoms with van der Waals surface area (Å²) in [6.07, 6.45) is 7.04. The molecule has 0 aromatic heterocycles. The van der Waals surface area contributed by atoms with Gasteiger partial charge in [-0.15, -0.1) is 12.3 Å². The predicted octanol–water partition coefficient (Wildman–Crippen LogP) is 3.59. The van der Waals surface area contributed by atoms with Crippen LogP contribution in [0.3, 0.4) is 0 Å². The molecule has 0 fully saturated rings. The topological polar surface area (TPSA) is 20.2 Å². The molecule has 1 rings (SSSR count). The molecule has 0 saturated heterocycles. The molecule has 15 heavy (non-hydrogen) atoms. The SMILES string of the molecule is C#CCCCC(O)c1cccc(C)c1Br. The van der Waals surface area contributed by atoms with Crippen molar-refractivity contribution < 1.29 is 5.11 Å². The molecule has 0 heterocycles. The van der Waals surface area contributed by atoms with E-state index in [0.717, 1.165) is 28.4 Å².